The molecular formula is C29H22ClN3O3S2. The number of fused-ring (bicyclic) bond motifs is 7. The van der Waals surface area contributed by atoms with Crippen molar-refractivity contribution in [3.8, 4) is 23.5 Å². The molecule has 2 aromatic heterocycles. The van der Waals surface area contributed by atoms with E-state index in [9.17, 15) is 15.5 Å². The Labute approximate surface area is 232 Å². The van der Waals surface area contributed by atoms with Gasteiger partial charge in [-0.3, -0.25) is 4.57 Å². The number of hydrogen-bond donors (Lipinski definition) is 2. The highest BCUT2D eigenvalue weighted by Gasteiger charge is 2.61. The van der Waals surface area contributed by atoms with Crippen molar-refractivity contribution in [2.45, 2.75) is 41.7 Å². The fraction of sp³-hybridized carbons (Fsp3) is 0.241. The number of aromatic hydroxyl groups is 2. The van der Waals surface area contributed by atoms with Crippen LogP contribution in [0, 0.1) is 11.3 Å². The van der Waals surface area contributed by atoms with Gasteiger partial charge in [-0.05, 0) is 56.5 Å². The Balaban J connectivity index is 1.27. The average Bonchev–Trinajstić information content (AvgIpc) is 3.61. The van der Waals surface area contributed by atoms with Crippen LogP contribution in [0.3, 0.4) is 0 Å². The van der Waals surface area contributed by atoms with Crippen molar-refractivity contribution in [2.75, 3.05) is 5.75 Å². The van der Waals surface area contributed by atoms with Gasteiger partial charge in [-0.1, -0.05) is 47.6 Å². The third-order valence-electron chi connectivity index (χ3n) is 7.86. The topological polar surface area (TPSA) is 91.3 Å². The number of nitriles is 1. The van der Waals surface area contributed by atoms with Crippen LogP contribution in [0.5, 0.6) is 11.8 Å². The smallest absolute Gasteiger partial charge is 0.205 e. The van der Waals surface area contributed by atoms with E-state index in [1.165, 1.54) is 4.57 Å². The lowest BCUT2D eigenvalue weighted by molar-refractivity contribution is -0.0803. The van der Waals surface area contributed by atoms with Crippen LogP contribution in [0.2, 0.25) is 5.02 Å². The van der Waals surface area contributed by atoms with Crippen LogP contribution in [-0.2, 0) is 15.9 Å². The molecule has 5 aromatic rings. The Bertz CT molecular complexity index is 1820. The summed E-state index contributed by atoms with van der Waals surface area (Å²) in [5, 5.41) is 35.0. The second-order valence-corrected chi connectivity index (χ2v) is 12.8. The highest BCUT2D eigenvalue weighted by Crippen LogP contribution is 2.65. The normalized spacial score (nSPS) is 21.8. The van der Waals surface area contributed by atoms with Crippen molar-refractivity contribution < 1.29 is 14.9 Å². The fourth-order valence-electron chi connectivity index (χ4n) is 6.16. The maximum Gasteiger partial charge on any atom is 0.205 e. The van der Waals surface area contributed by atoms with Crippen molar-refractivity contribution in [1.82, 2.24) is 9.55 Å². The van der Waals surface area contributed by atoms with Crippen molar-refractivity contribution in [2.24, 2.45) is 0 Å². The molecule has 6 nitrogen and oxygen atoms in total. The van der Waals surface area contributed by atoms with Gasteiger partial charge in [0.15, 0.2) is 4.34 Å². The summed E-state index contributed by atoms with van der Waals surface area (Å²) < 4.78 is 10.2. The number of thiazole rings is 1. The molecule has 2 N–H and O–H groups in total. The number of rotatable bonds is 5. The van der Waals surface area contributed by atoms with Crippen LogP contribution in [0.25, 0.3) is 26.7 Å². The molecule has 9 heteroatoms. The van der Waals surface area contributed by atoms with E-state index in [0.29, 0.717) is 33.8 Å². The minimum absolute atomic E-state index is 0.00425. The summed E-state index contributed by atoms with van der Waals surface area (Å²) in [6.45, 7) is 1.99. The molecule has 7 rings (SSSR count). The Morgan fingerprint density at radius 2 is 1.89 bits per heavy atom. The van der Waals surface area contributed by atoms with Gasteiger partial charge in [0.2, 0.25) is 11.8 Å². The van der Waals surface area contributed by atoms with Crippen LogP contribution >= 0.6 is 34.7 Å². The predicted molar refractivity (Wildman–Crippen MR) is 151 cm³/mol. The van der Waals surface area contributed by atoms with Gasteiger partial charge in [0.05, 0.1) is 44.3 Å². The van der Waals surface area contributed by atoms with E-state index in [4.69, 9.17) is 21.3 Å². The van der Waals surface area contributed by atoms with E-state index in [-0.39, 0.29) is 11.8 Å². The van der Waals surface area contributed by atoms with E-state index in [2.05, 4.69) is 6.07 Å². The number of hydrogen-bond acceptors (Lipinski definition) is 7. The van der Waals surface area contributed by atoms with Crippen LogP contribution in [0.1, 0.15) is 42.9 Å². The Hall–Kier alpha value is -3.22. The van der Waals surface area contributed by atoms with Gasteiger partial charge in [-0.2, -0.15) is 5.26 Å². The number of benzene rings is 3. The Morgan fingerprint density at radius 3 is 2.71 bits per heavy atom. The first-order valence-electron chi connectivity index (χ1n) is 12.3. The van der Waals surface area contributed by atoms with Crippen molar-refractivity contribution in [1.29, 1.82) is 5.26 Å². The third kappa shape index (κ3) is 3.33. The van der Waals surface area contributed by atoms with Crippen molar-refractivity contribution >= 4 is 55.7 Å². The quantitative estimate of drug-likeness (QED) is 0.215. The molecule has 0 unspecified atom stereocenters. The summed E-state index contributed by atoms with van der Waals surface area (Å²) in [7, 11) is 0. The zero-order valence-electron chi connectivity index (χ0n) is 20.4. The first-order chi connectivity index (χ1) is 18.3. The number of ether oxygens (including phenoxy) is 1. The monoisotopic (exact) mass is 559 g/mol. The molecule has 2 aliphatic rings. The number of thioether (sulfide) groups is 1. The summed E-state index contributed by atoms with van der Waals surface area (Å²) in [5.41, 5.74) is 2.04. The van der Waals surface area contributed by atoms with Crippen LogP contribution in [0.15, 0.2) is 58.9 Å². The zero-order valence-corrected chi connectivity index (χ0v) is 22.8. The molecule has 190 valence electrons. The van der Waals surface area contributed by atoms with Crippen LogP contribution in [-0.4, -0.2) is 25.5 Å². The van der Waals surface area contributed by atoms with Gasteiger partial charge in [0.25, 0.3) is 0 Å². The van der Waals surface area contributed by atoms with E-state index < -0.39 is 11.2 Å². The molecule has 0 amide bonds. The first kappa shape index (κ1) is 23.9. The van der Waals surface area contributed by atoms with E-state index in [0.717, 1.165) is 43.9 Å². The molecular weight excluding hydrogens is 538 g/mol. The molecule has 2 atom stereocenters. The highest BCUT2D eigenvalue weighted by molar-refractivity contribution is 8.01. The van der Waals surface area contributed by atoms with Crippen LogP contribution < -0.4 is 0 Å². The molecule has 3 aromatic carbocycles. The summed E-state index contributed by atoms with van der Waals surface area (Å²) in [6.07, 6.45) is 2.19. The highest BCUT2D eigenvalue weighted by atomic mass is 35.5. The maximum atomic E-state index is 11.6. The number of halogens is 1. The number of nitrogens with zero attached hydrogens (tertiary/aromatic N) is 3. The molecule has 4 heterocycles. The predicted octanol–water partition coefficient (Wildman–Crippen LogP) is 7.59. The van der Waals surface area contributed by atoms with Crippen LogP contribution in [0.4, 0.5) is 0 Å². The molecule has 0 aliphatic carbocycles. The summed E-state index contributed by atoms with van der Waals surface area (Å²) in [4.78, 5) is 4.71. The first-order valence-corrected chi connectivity index (χ1v) is 14.5. The minimum atomic E-state index is -0.688. The summed E-state index contributed by atoms with van der Waals surface area (Å²) >= 11 is 9.43. The van der Waals surface area contributed by atoms with E-state index >= 15 is 0 Å². The van der Waals surface area contributed by atoms with Crippen molar-refractivity contribution in [3.05, 3.63) is 76.3 Å². The number of aromatic nitrogens is 2. The maximum absolute atomic E-state index is 11.6. The lowest BCUT2D eigenvalue weighted by atomic mass is 9.78. The van der Waals surface area contributed by atoms with Gasteiger partial charge in [-0.15, -0.1) is 11.3 Å². The van der Waals surface area contributed by atoms with E-state index in [1.807, 2.05) is 49.4 Å². The lowest BCUT2D eigenvalue weighted by Crippen LogP contribution is -2.23. The lowest BCUT2D eigenvalue weighted by Gasteiger charge is -2.26. The molecule has 1 saturated heterocycles. The summed E-state index contributed by atoms with van der Waals surface area (Å²) in [5.74, 6) is 0.733. The largest absolute Gasteiger partial charge is 0.494 e. The molecule has 1 fully saturated rings. The molecule has 2 aliphatic heterocycles. The Morgan fingerprint density at radius 1 is 1.11 bits per heavy atom. The zero-order chi connectivity index (χ0) is 26.2. The third-order valence-corrected chi connectivity index (χ3v) is 10.3. The fourth-order valence-corrected chi connectivity index (χ4v) is 8.52. The molecule has 38 heavy (non-hydrogen) atoms. The van der Waals surface area contributed by atoms with Gasteiger partial charge in [0, 0.05) is 21.5 Å². The van der Waals surface area contributed by atoms with Gasteiger partial charge in [0.1, 0.15) is 5.60 Å². The second kappa shape index (κ2) is 8.39. The molecule has 0 radical (unpaired) electrons. The average molecular weight is 560 g/mol. The minimum Gasteiger partial charge on any atom is -0.494 e. The SMILES string of the molecule is C[C@@]12CC[C@@](CCSc3nc4cc(Cl)ccc4s3)(O1)c1c2c(O)n(-c2ccc(C#N)c3ccccc23)c1O. The van der Waals surface area contributed by atoms with E-state index in [1.54, 1.807) is 35.2 Å². The van der Waals surface area contributed by atoms with Gasteiger partial charge in [-0.25, -0.2) is 4.98 Å². The molecule has 0 spiro atoms. The van der Waals surface area contributed by atoms with Gasteiger partial charge >= 0.3 is 0 Å². The molecule has 2 bridgehead atoms. The Kier molecular flexibility index (Phi) is 5.27. The molecule has 0 saturated carbocycles. The van der Waals surface area contributed by atoms with Crippen molar-refractivity contribution in [3.63, 3.8) is 0 Å². The summed E-state index contributed by atoms with van der Waals surface area (Å²) in [6, 6.07) is 19.0. The van der Waals surface area contributed by atoms with Gasteiger partial charge < -0.3 is 14.9 Å². The second-order valence-electron chi connectivity index (χ2n) is 10.0. The standard InChI is InChI=1S/C29H22ClN3O3S2/c1-28-10-11-29(36-28,12-13-37-27-32-20-14-17(30)7-9-22(20)38-27)24-23(28)25(34)33(26(24)35)21-8-6-16(15-31)18-4-2-3-5-19(18)21/h2-9,14,34-35H,10-13H2,1H3/t28-,29-/m0/s1.